The molecule has 2 aliphatic heterocycles. The molecule has 2 saturated heterocycles. The van der Waals surface area contributed by atoms with Gasteiger partial charge in [0.25, 0.3) is 0 Å². The summed E-state index contributed by atoms with van der Waals surface area (Å²) in [5.74, 6) is 0. The van der Waals surface area contributed by atoms with Gasteiger partial charge in [0.05, 0.1) is 13.2 Å². The van der Waals surface area contributed by atoms with Gasteiger partial charge in [0.1, 0.15) is 24.4 Å². The Labute approximate surface area is 110 Å². The summed E-state index contributed by atoms with van der Waals surface area (Å²) in [6.45, 7) is 7.23. The Morgan fingerprint density at radius 2 is 1.28 bits per heavy atom. The van der Waals surface area contributed by atoms with E-state index >= 15 is 0 Å². The summed E-state index contributed by atoms with van der Waals surface area (Å²) in [5.41, 5.74) is 0. The third kappa shape index (κ3) is 3.44. The van der Waals surface area contributed by atoms with Crippen molar-refractivity contribution >= 4 is 0 Å². The van der Waals surface area contributed by atoms with Gasteiger partial charge in [0.15, 0.2) is 0 Å². The van der Waals surface area contributed by atoms with Crippen LogP contribution >= 0.6 is 0 Å². The van der Waals surface area contributed by atoms with Gasteiger partial charge in [0, 0.05) is 13.2 Å². The normalized spacial score (nSPS) is 35.0. The SMILES string of the molecule is CCCCO[C@H]1CO[C@H]2[C@H]1OC[C@@H]2OCCCC. The van der Waals surface area contributed by atoms with Crippen molar-refractivity contribution in [1.29, 1.82) is 0 Å². The van der Waals surface area contributed by atoms with Crippen molar-refractivity contribution in [1.82, 2.24) is 0 Å². The van der Waals surface area contributed by atoms with Crippen LogP contribution in [-0.4, -0.2) is 50.8 Å². The van der Waals surface area contributed by atoms with Gasteiger partial charge < -0.3 is 18.9 Å². The van der Waals surface area contributed by atoms with Crippen LogP contribution in [0.4, 0.5) is 0 Å². The molecule has 18 heavy (non-hydrogen) atoms. The second-order valence-electron chi connectivity index (χ2n) is 5.12. The molecule has 0 radical (unpaired) electrons. The minimum atomic E-state index is 0.0773. The molecule has 0 saturated carbocycles. The van der Waals surface area contributed by atoms with E-state index in [1.807, 2.05) is 0 Å². The maximum Gasteiger partial charge on any atom is 0.115 e. The molecule has 0 amide bonds. The van der Waals surface area contributed by atoms with Crippen molar-refractivity contribution in [2.24, 2.45) is 0 Å². The lowest BCUT2D eigenvalue weighted by Crippen LogP contribution is -2.34. The lowest BCUT2D eigenvalue weighted by Gasteiger charge is -2.17. The molecule has 0 aromatic heterocycles. The molecule has 106 valence electrons. The van der Waals surface area contributed by atoms with Crippen LogP contribution in [0.2, 0.25) is 0 Å². The molecule has 2 fully saturated rings. The van der Waals surface area contributed by atoms with Gasteiger partial charge in [-0.2, -0.15) is 0 Å². The smallest absolute Gasteiger partial charge is 0.115 e. The average molecular weight is 258 g/mol. The molecule has 0 bridgehead atoms. The van der Waals surface area contributed by atoms with Gasteiger partial charge in [-0.05, 0) is 12.8 Å². The summed E-state index contributed by atoms with van der Waals surface area (Å²) in [5, 5.41) is 0. The van der Waals surface area contributed by atoms with E-state index in [1.54, 1.807) is 0 Å². The summed E-state index contributed by atoms with van der Waals surface area (Å²) in [7, 11) is 0. The second kappa shape index (κ2) is 7.43. The Morgan fingerprint density at radius 1 is 0.833 bits per heavy atom. The Balaban J connectivity index is 1.72. The van der Waals surface area contributed by atoms with Crippen LogP contribution in [0.15, 0.2) is 0 Å². The third-order valence-corrected chi connectivity index (χ3v) is 3.62. The first-order chi connectivity index (χ1) is 8.86. The van der Waals surface area contributed by atoms with Crippen LogP contribution in [0.25, 0.3) is 0 Å². The Bertz CT molecular complexity index is 210. The van der Waals surface area contributed by atoms with Crippen molar-refractivity contribution in [2.45, 2.75) is 63.9 Å². The second-order valence-corrected chi connectivity index (χ2v) is 5.12. The van der Waals surface area contributed by atoms with Gasteiger partial charge >= 0.3 is 0 Å². The molecular formula is C14H26O4. The lowest BCUT2D eigenvalue weighted by atomic mass is 10.1. The highest BCUT2D eigenvalue weighted by molar-refractivity contribution is 4.95. The number of fused-ring (bicyclic) bond motifs is 1. The van der Waals surface area contributed by atoms with E-state index in [-0.39, 0.29) is 24.4 Å². The van der Waals surface area contributed by atoms with E-state index in [1.165, 1.54) is 0 Å². The van der Waals surface area contributed by atoms with Crippen LogP contribution in [0.5, 0.6) is 0 Å². The molecule has 2 aliphatic rings. The maximum atomic E-state index is 5.83. The van der Waals surface area contributed by atoms with Gasteiger partial charge in [-0.25, -0.2) is 0 Å². The Hall–Kier alpha value is -0.160. The molecule has 4 atom stereocenters. The molecule has 2 heterocycles. The third-order valence-electron chi connectivity index (χ3n) is 3.62. The fourth-order valence-corrected chi connectivity index (χ4v) is 2.47. The first-order valence-corrected chi connectivity index (χ1v) is 7.33. The monoisotopic (exact) mass is 258 g/mol. The molecule has 0 unspecified atom stereocenters. The molecule has 4 nitrogen and oxygen atoms in total. The van der Waals surface area contributed by atoms with Gasteiger partial charge in [0.2, 0.25) is 0 Å². The van der Waals surface area contributed by atoms with Gasteiger partial charge in [-0.15, -0.1) is 0 Å². The van der Waals surface area contributed by atoms with E-state index in [0.717, 1.165) is 38.9 Å². The molecular weight excluding hydrogens is 232 g/mol. The topological polar surface area (TPSA) is 36.9 Å². The predicted octanol–water partition coefficient (Wildman–Crippen LogP) is 2.15. The molecule has 4 heteroatoms. The highest BCUT2D eigenvalue weighted by Crippen LogP contribution is 2.30. The van der Waals surface area contributed by atoms with Gasteiger partial charge in [-0.1, -0.05) is 26.7 Å². The van der Waals surface area contributed by atoms with Crippen molar-refractivity contribution in [3.63, 3.8) is 0 Å². The highest BCUT2D eigenvalue weighted by atomic mass is 16.6. The van der Waals surface area contributed by atoms with Crippen LogP contribution in [0.3, 0.4) is 0 Å². The molecule has 2 rings (SSSR count). The van der Waals surface area contributed by atoms with E-state index in [9.17, 15) is 0 Å². The zero-order valence-electron chi connectivity index (χ0n) is 11.6. The Kier molecular flexibility index (Phi) is 5.89. The van der Waals surface area contributed by atoms with E-state index in [0.29, 0.717) is 13.2 Å². The van der Waals surface area contributed by atoms with E-state index in [2.05, 4.69) is 13.8 Å². The zero-order valence-corrected chi connectivity index (χ0v) is 11.6. The van der Waals surface area contributed by atoms with Crippen molar-refractivity contribution in [2.75, 3.05) is 26.4 Å². The highest BCUT2D eigenvalue weighted by Gasteiger charge is 2.48. The van der Waals surface area contributed by atoms with Crippen molar-refractivity contribution in [3.05, 3.63) is 0 Å². The van der Waals surface area contributed by atoms with Crippen LogP contribution in [0, 0.1) is 0 Å². The molecule has 0 aliphatic carbocycles. The molecule has 0 N–H and O–H groups in total. The first kappa shape index (κ1) is 14.3. The molecule has 0 aromatic rings. The quantitative estimate of drug-likeness (QED) is 0.625. The number of unbranched alkanes of at least 4 members (excludes halogenated alkanes) is 2. The van der Waals surface area contributed by atoms with Crippen LogP contribution < -0.4 is 0 Å². The van der Waals surface area contributed by atoms with E-state index in [4.69, 9.17) is 18.9 Å². The minimum absolute atomic E-state index is 0.0773. The van der Waals surface area contributed by atoms with Crippen LogP contribution in [0.1, 0.15) is 39.5 Å². The van der Waals surface area contributed by atoms with E-state index < -0.39 is 0 Å². The summed E-state index contributed by atoms with van der Waals surface area (Å²) in [4.78, 5) is 0. The predicted molar refractivity (Wildman–Crippen MR) is 68.8 cm³/mol. The zero-order chi connectivity index (χ0) is 12.8. The number of rotatable bonds is 8. The fraction of sp³-hybridized carbons (Fsp3) is 1.00. The fourth-order valence-electron chi connectivity index (χ4n) is 2.47. The summed E-state index contributed by atoms with van der Waals surface area (Å²) in [6.07, 6.45) is 4.87. The largest absolute Gasteiger partial charge is 0.373 e. The van der Waals surface area contributed by atoms with Crippen LogP contribution in [-0.2, 0) is 18.9 Å². The molecule has 0 aromatic carbocycles. The standard InChI is InChI=1S/C14H26O4/c1-3-5-7-15-11-9-17-14-12(10-18-13(11)14)16-8-6-4-2/h11-14H,3-10H2,1-2H3/t11-,12-,13-,14+/m0/s1. The van der Waals surface area contributed by atoms with Gasteiger partial charge in [-0.3, -0.25) is 0 Å². The van der Waals surface area contributed by atoms with Crippen molar-refractivity contribution in [3.8, 4) is 0 Å². The number of hydrogen-bond acceptors (Lipinski definition) is 4. The minimum Gasteiger partial charge on any atom is -0.373 e. The molecule has 0 spiro atoms. The average Bonchev–Trinajstić information content (AvgIpc) is 2.94. The maximum absolute atomic E-state index is 5.83. The van der Waals surface area contributed by atoms with Crippen molar-refractivity contribution < 1.29 is 18.9 Å². The first-order valence-electron chi connectivity index (χ1n) is 7.33. The summed E-state index contributed by atoms with van der Waals surface area (Å²) < 4.78 is 23.2. The lowest BCUT2D eigenvalue weighted by molar-refractivity contribution is -0.0509. The summed E-state index contributed by atoms with van der Waals surface area (Å²) in [6, 6.07) is 0. The number of hydrogen-bond donors (Lipinski definition) is 0. The number of ether oxygens (including phenoxy) is 4. The summed E-state index contributed by atoms with van der Waals surface area (Å²) >= 11 is 0. The Morgan fingerprint density at radius 3 is 1.67 bits per heavy atom.